The molecule has 2 aromatic carbocycles. The topological polar surface area (TPSA) is 95.6 Å². The van der Waals surface area contributed by atoms with Gasteiger partial charge in [0.25, 0.3) is 11.1 Å². The third kappa shape index (κ3) is 4.58. The fraction of sp³-hybridized carbons (Fsp3) is 0.231. The Morgan fingerprint density at radius 3 is 2.63 bits per heavy atom. The van der Waals surface area contributed by atoms with Gasteiger partial charge in [-0.25, -0.2) is 0 Å². The molecule has 0 spiro atoms. The van der Waals surface area contributed by atoms with Gasteiger partial charge in [0.1, 0.15) is 6.54 Å². The van der Waals surface area contributed by atoms with Gasteiger partial charge in [0.2, 0.25) is 5.91 Å². The van der Waals surface area contributed by atoms with Gasteiger partial charge in [-0.1, -0.05) is 36.4 Å². The van der Waals surface area contributed by atoms with Crippen LogP contribution >= 0.6 is 11.8 Å². The van der Waals surface area contributed by atoms with Crippen LogP contribution in [0.3, 0.4) is 0 Å². The molecule has 0 radical (unpaired) electrons. The summed E-state index contributed by atoms with van der Waals surface area (Å²) in [6.07, 6.45) is 3.63. The molecular formula is C26H22N4O4S. The van der Waals surface area contributed by atoms with Gasteiger partial charge in [-0.3, -0.25) is 19.3 Å². The summed E-state index contributed by atoms with van der Waals surface area (Å²) in [6, 6.07) is 17.5. The lowest BCUT2D eigenvalue weighted by Crippen LogP contribution is -2.46. The molecule has 2 aliphatic heterocycles. The number of benzene rings is 2. The van der Waals surface area contributed by atoms with Gasteiger partial charge < -0.3 is 14.2 Å². The maximum Gasteiger partial charge on any atom is 0.294 e. The summed E-state index contributed by atoms with van der Waals surface area (Å²) in [5, 5.41) is 9.93. The van der Waals surface area contributed by atoms with Crippen LogP contribution in [0.15, 0.2) is 59.6 Å². The summed E-state index contributed by atoms with van der Waals surface area (Å²) in [6.45, 7) is 2.05. The number of rotatable bonds is 5. The van der Waals surface area contributed by atoms with Crippen LogP contribution in [0.4, 0.5) is 4.79 Å². The molecule has 35 heavy (non-hydrogen) atoms. The smallest absolute Gasteiger partial charge is 0.294 e. The lowest BCUT2D eigenvalue weighted by atomic mass is 10.1. The lowest BCUT2D eigenvalue weighted by molar-refractivity contribution is -0.139. The minimum Gasteiger partial charge on any atom is -0.378 e. The number of hydrogen-bond acceptors (Lipinski definition) is 6. The standard InChI is InChI=1S/C26H22N4O4S/c27-14-18-5-1-2-6-19(18)15-29-16-20(21-7-3-4-8-22(21)29)13-23-25(32)30(26(33)35-23)17-24(31)28-9-11-34-12-10-28/h1-8,13,16H,9-12,15,17H2. The van der Waals surface area contributed by atoms with Crippen LogP contribution in [0.2, 0.25) is 0 Å². The van der Waals surface area contributed by atoms with Crippen molar-refractivity contribution in [3.63, 3.8) is 0 Å². The number of nitriles is 1. The normalized spacial score (nSPS) is 17.4. The first kappa shape index (κ1) is 22.9. The first-order chi connectivity index (χ1) is 17.0. The summed E-state index contributed by atoms with van der Waals surface area (Å²) in [5.74, 6) is -0.724. The number of para-hydroxylation sites is 1. The summed E-state index contributed by atoms with van der Waals surface area (Å²) in [4.78, 5) is 41.1. The molecule has 0 N–H and O–H groups in total. The van der Waals surface area contributed by atoms with Gasteiger partial charge in [0, 0.05) is 42.3 Å². The van der Waals surface area contributed by atoms with Crippen molar-refractivity contribution in [1.82, 2.24) is 14.4 Å². The van der Waals surface area contributed by atoms with E-state index in [0.717, 1.165) is 38.7 Å². The highest BCUT2D eigenvalue weighted by Crippen LogP contribution is 2.34. The van der Waals surface area contributed by atoms with E-state index in [1.165, 1.54) is 0 Å². The van der Waals surface area contributed by atoms with Crippen molar-refractivity contribution >= 4 is 45.8 Å². The molecule has 9 heteroatoms. The number of thioether (sulfide) groups is 1. The highest BCUT2D eigenvalue weighted by Gasteiger charge is 2.37. The zero-order valence-corrected chi connectivity index (χ0v) is 19.7. The van der Waals surface area contributed by atoms with Crippen LogP contribution in [0.5, 0.6) is 0 Å². The second kappa shape index (κ2) is 9.78. The van der Waals surface area contributed by atoms with E-state index in [-0.39, 0.29) is 17.4 Å². The highest BCUT2D eigenvalue weighted by atomic mass is 32.2. The van der Waals surface area contributed by atoms with Gasteiger partial charge in [0.05, 0.1) is 29.8 Å². The van der Waals surface area contributed by atoms with Gasteiger partial charge in [0.15, 0.2) is 0 Å². The Labute approximate surface area is 206 Å². The van der Waals surface area contributed by atoms with Crippen molar-refractivity contribution in [1.29, 1.82) is 5.26 Å². The number of morpholine rings is 1. The molecule has 2 saturated heterocycles. The maximum atomic E-state index is 13.0. The molecule has 0 bridgehead atoms. The van der Waals surface area contributed by atoms with E-state index in [1.807, 2.05) is 53.2 Å². The zero-order chi connectivity index (χ0) is 24.4. The molecule has 1 aromatic heterocycles. The van der Waals surface area contributed by atoms with Crippen LogP contribution in [0.25, 0.3) is 17.0 Å². The summed E-state index contributed by atoms with van der Waals surface area (Å²) < 4.78 is 7.29. The van der Waals surface area contributed by atoms with Crippen LogP contribution in [-0.4, -0.2) is 64.3 Å². The molecule has 2 aliphatic rings. The zero-order valence-electron chi connectivity index (χ0n) is 18.8. The molecule has 2 fully saturated rings. The largest absolute Gasteiger partial charge is 0.378 e. The van der Waals surface area contributed by atoms with Gasteiger partial charge in [-0.05, 0) is 35.5 Å². The van der Waals surface area contributed by atoms with Gasteiger partial charge in [-0.2, -0.15) is 5.26 Å². The molecule has 0 atom stereocenters. The Hall–Kier alpha value is -3.87. The van der Waals surface area contributed by atoms with Crippen LogP contribution in [0, 0.1) is 11.3 Å². The Balaban J connectivity index is 1.42. The number of fused-ring (bicyclic) bond motifs is 1. The van der Waals surface area contributed by atoms with E-state index in [2.05, 4.69) is 6.07 Å². The fourth-order valence-electron chi connectivity index (χ4n) is 4.30. The van der Waals surface area contributed by atoms with E-state index in [4.69, 9.17) is 4.74 Å². The summed E-state index contributed by atoms with van der Waals surface area (Å²) in [5.41, 5.74) is 3.25. The van der Waals surface area contributed by atoms with Gasteiger partial charge in [-0.15, -0.1) is 0 Å². The Morgan fingerprint density at radius 2 is 1.83 bits per heavy atom. The monoisotopic (exact) mass is 486 g/mol. The lowest BCUT2D eigenvalue weighted by Gasteiger charge is -2.28. The fourth-order valence-corrected chi connectivity index (χ4v) is 5.13. The molecule has 176 valence electrons. The molecule has 3 aromatic rings. The molecular weight excluding hydrogens is 464 g/mol. The first-order valence-corrected chi connectivity index (χ1v) is 12.0. The van der Waals surface area contributed by atoms with E-state index < -0.39 is 11.1 Å². The third-order valence-electron chi connectivity index (χ3n) is 6.12. The number of hydrogen-bond donors (Lipinski definition) is 0. The molecule has 8 nitrogen and oxygen atoms in total. The minimum absolute atomic E-state index is 0.260. The Morgan fingerprint density at radius 1 is 1.09 bits per heavy atom. The number of aromatic nitrogens is 1. The highest BCUT2D eigenvalue weighted by molar-refractivity contribution is 8.18. The summed E-state index contributed by atoms with van der Waals surface area (Å²) in [7, 11) is 0. The predicted octanol–water partition coefficient (Wildman–Crippen LogP) is 3.46. The van der Waals surface area contributed by atoms with Crippen molar-refractivity contribution in [2.75, 3.05) is 32.8 Å². The average molecular weight is 487 g/mol. The SMILES string of the molecule is N#Cc1ccccc1Cn1cc(C=C2SC(=O)N(CC(=O)N3CCOCC3)C2=O)c2ccccc21. The molecule has 0 saturated carbocycles. The molecule has 5 rings (SSSR count). The van der Waals surface area contributed by atoms with E-state index in [1.54, 1.807) is 17.0 Å². The Bertz CT molecular complexity index is 1400. The quantitative estimate of drug-likeness (QED) is 0.513. The second-order valence-corrected chi connectivity index (χ2v) is 9.25. The van der Waals surface area contributed by atoms with E-state index in [0.29, 0.717) is 38.4 Å². The summed E-state index contributed by atoms with van der Waals surface area (Å²) >= 11 is 0.844. The third-order valence-corrected chi connectivity index (χ3v) is 7.02. The van der Waals surface area contributed by atoms with Crippen molar-refractivity contribution in [3.05, 3.63) is 76.3 Å². The predicted molar refractivity (Wildman–Crippen MR) is 132 cm³/mol. The maximum absolute atomic E-state index is 13.0. The molecule has 3 amide bonds. The molecule has 0 aliphatic carbocycles. The molecule has 3 heterocycles. The first-order valence-electron chi connectivity index (χ1n) is 11.2. The minimum atomic E-state index is -0.465. The van der Waals surface area contributed by atoms with E-state index in [9.17, 15) is 19.6 Å². The van der Waals surface area contributed by atoms with Crippen LogP contribution < -0.4 is 0 Å². The number of imide groups is 1. The van der Waals surface area contributed by atoms with Crippen molar-refractivity contribution < 1.29 is 19.1 Å². The number of carbonyl (C=O) groups excluding carboxylic acids is 3. The van der Waals surface area contributed by atoms with E-state index >= 15 is 0 Å². The number of amides is 3. The molecule has 0 unspecified atom stereocenters. The van der Waals surface area contributed by atoms with Crippen LogP contribution in [0.1, 0.15) is 16.7 Å². The van der Waals surface area contributed by atoms with Crippen molar-refractivity contribution in [3.8, 4) is 6.07 Å². The number of carbonyl (C=O) groups is 3. The Kier molecular flexibility index (Phi) is 6.40. The van der Waals surface area contributed by atoms with Crippen molar-refractivity contribution in [2.24, 2.45) is 0 Å². The average Bonchev–Trinajstić information content (AvgIpc) is 3.36. The number of ether oxygens (including phenoxy) is 1. The van der Waals surface area contributed by atoms with Crippen molar-refractivity contribution in [2.45, 2.75) is 6.54 Å². The van der Waals surface area contributed by atoms with Gasteiger partial charge >= 0.3 is 0 Å². The number of nitrogens with zero attached hydrogens (tertiary/aromatic N) is 4. The second-order valence-electron chi connectivity index (χ2n) is 8.26. The van der Waals surface area contributed by atoms with Crippen LogP contribution in [-0.2, 0) is 20.9 Å².